The Morgan fingerprint density at radius 2 is 0.973 bits per heavy atom. The highest BCUT2D eigenvalue weighted by molar-refractivity contribution is 5.88. The standard InChI is InChI=1S/2C18H23N5O2.C17H21N5O2/c1-22-17(19-20-21-22)11-13-23-12-3-4-16(23)15-8-5-14(6-9-15)7-10-18(24)25-2;1-22-20-17(19-21-22)11-13-23-12-3-4-16(23)15-8-5-14(6-9-15)7-10-18(24)25-2;1-24-17(23)9-6-13-4-7-14(8-5-13)15-3-2-11-22(15)12-10-16-18-20-21-19-16/h2*5-10,16H,3-4,11-13H2,1-2H3;4-9,15H,2-3,10-12H2,1H3,(H,18,19,20,21)/b2*10-7+;9-6+. The number of carbonyl (C=O) groups excluding carboxylic acids is 3. The molecule has 0 amide bonds. The van der Waals surface area contributed by atoms with E-state index in [0.717, 1.165) is 112 Å². The van der Waals surface area contributed by atoms with Gasteiger partial charge in [-0.3, -0.25) is 14.7 Å². The molecule has 3 aromatic carbocycles. The van der Waals surface area contributed by atoms with E-state index in [1.807, 2.05) is 43.4 Å². The van der Waals surface area contributed by atoms with Crippen molar-refractivity contribution in [2.45, 2.75) is 75.9 Å². The highest BCUT2D eigenvalue weighted by Crippen LogP contribution is 2.34. The highest BCUT2D eigenvalue weighted by atomic mass is 16.5. The SMILES string of the molecule is COC(=O)/C=C/c1ccc(C2CCCN2CCc2nn[nH]n2)cc1.COC(=O)/C=C/c1ccc(C2CCCN2CCc2nnn(C)n2)cc1.COC(=O)/C=C/c1ccc(C2CCCN2CCc2nnnn2C)cc1. The topological polar surface area (TPSA) is 230 Å². The molecule has 0 spiro atoms. The molecule has 3 unspecified atom stereocenters. The van der Waals surface area contributed by atoms with Crippen molar-refractivity contribution in [3.8, 4) is 0 Å². The first-order valence-corrected chi connectivity index (χ1v) is 25.1. The predicted octanol–water partition coefficient (Wildman–Crippen LogP) is 5.32. The van der Waals surface area contributed by atoms with E-state index in [1.165, 1.54) is 80.3 Å². The summed E-state index contributed by atoms with van der Waals surface area (Å²) in [6.45, 7) is 6.08. The first-order chi connectivity index (χ1) is 36.1. The molecule has 3 fully saturated rings. The molecule has 0 aliphatic carbocycles. The molecule has 1 N–H and O–H groups in total. The third-order valence-corrected chi connectivity index (χ3v) is 13.4. The van der Waals surface area contributed by atoms with Crippen molar-refractivity contribution in [1.82, 2.24) is 75.7 Å². The maximum atomic E-state index is 11.2. The molecule has 390 valence electrons. The van der Waals surface area contributed by atoms with E-state index >= 15 is 0 Å². The Hall–Kier alpha value is -7.62. The van der Waals surface area contributed by atoms with Crippen LogP contribution < -0.4 is 0 Å². The number of aromatic amines is 1. The van der Waals surface area contributed by atoms with Crippen molar-refractivity contribution >= 4 is 36.1 Å². The molecular weight excluding hydrogens is 943 g/mol. The second-order valence-corrected chi connectivity index (χ2v) is 18.1. The van der Waals surface area contributed by atoms with Crippen LogP contribution in [0.5, 0.6) is 0 Å². The van der Waals surface area contributed by atoms with E-state index in [-0.39, 0.29) is 17.9 Å². The van der Waals surface area contributed by atoms with Crippen molar-refractivity contribution in [1.29, 1.82) is 0 Å². The van der Waals surface area contributed by atoms with Gasteiger partial charge in [-0.05, 0) is 125 Å². The Bertz CT molecular complexity index is 2760. The van der Waals surface area contributed by atoms with Crippen molar-refractivity contribution < 1.29 is 28.6 Å². The average molecular weight is 1010 g/mol. The number of likely N-dealkylation sites (tertiary alicyclic amines) is 3. The van der Waals surface area contributed by atoms with Gasteiger partial charge in [-0.15, -0.1) is 25.5 Å². The van der Waals surface area contributed by atoms with Gasteiger partial charge in [-0.2, -0.15) is 10.0 Å². The van der Waals surface area contributed by atoms with Crippen molar-refractivity contribution in [2.24, 2.45) is 14.1 Å². The van der Waals surface area contributed by atoms with E-state index in [0.29, 0.717) is 18.1 Å². The number of tetrazole rings is 3. The summed E-state index contributed by atoms with van der Waals surface area (Å²) < 4.78 is 15.5. The minimum Gasteiger partial charge on any atom is -0.466 e. The number of hydrogen-bond acceptors (Lipinski definition) is 18. The normalized spacial score (nSPS) is 18.1. The fourth-order valence-corrected chi connectivity index (χ4v) is 9.50. The fourth-order valence-electron chi connectivity index (χ4n) is 9.50. The highest BCUT2D eigenvalue weighted by Gasteiger charge is 2.28. The van der Waals surface area contributed by atoms with Crippen LogP contribution in [-0.2, 0) is 62.0 Å². The maximum absolute atomic E-state index is 11.2. The smallest absolute Gasteiger partial charge is 0.330 e. The van der Waals surface area contributed by atoms with E-state index in [1.54, 1.807) is 30.0 Å². The first kappa shape index (κ1) is 54.2. The molecule has 6 aromatic rings. The molecule has 74 heavy (non-hydrogen) atoms. The minimum absolute atomic E-state index is 0.343. The lowest BCUT2D eigenvalue weighted by atomic mass is 10.0. The maximum Gasteiger partial charge on any atom is 0.330 e. The summed E-state index contributed by atoms with van der Waals surface area (Å²) in [5.74, 6) is 1.42. The minimum atomic E-state index is -0.345. The lowest BCUT2D eigenvalue weighted by Gasteiger charge is -2.24. The summed E-state index contributed by atoms with van der Waals surface area (Å²) in [4.78, 5) is 42.4. The molecular formula is C53H67N15O6. The van der Waals surface area contributed by atoms with Gasteiger partial charge in [0.1, 0.15) is 0 Å². The zero-order chi connectivity index (χ0) is 52.1. The van der Waals surface area contributed by atoms with Crippen LogP contribution in [-0.4, -0.2) is 154 Å². The molecule has 3 aliphatic rings. The average Bonchev–Trinajstić information content (AvgIpc) is 4.32. The molecule has 3 aromatic heterocycles. The van der Waals surface area contributed by atoms with Crippen molar-refractivity contribution in [3.63, 3.8) is 0 Å². The lowest BCUT2D eigenvalue weighted by Crippen LogP contribution is -2.26. The number of hydrogen-bond donors (Lipinski definition) is 1. The van der Waals surface area contributed by atoms with Crippen molar-refractivity contribution in [3.05, 3.63) is 142 Å². The number of nitrogens with zero attached hydrogens (tertiary/aromatic N) is 14. The summed E-state index contributed by atoms with van der Waals surface area (Å²) in [6.07, 6.45) is 19.1. The molecule has 9 rings (SSSR count). The number of esters is 3. The van der Waals surface area contributed by atoms with Gasteiger partial charge in [0.15, 0.2) is 17.5 Å². The molecule has 3 saturated heterocycles. The number of ether oxygens (including phenoxy) is 3. The molecule has 0 radical (unpaired) electrons. The number of nitrogens with one attached hydrogen (secondary N) is 1. The second kappa shape index (κ2) is 28.0. The Morgan fingerprint density at radius 3 is 1.32 bits per heavy atom. The van der Waals surface area contributed by atoms with Crippen molar-refractivity contribution in [2.75, 3.05) is 60.6 Å². The third-order valence-electron chi connectivity index (χ3n) is 13.4. The lowest BCUT2D eigenvalue weighted by molar-refractivity contribution is -0.135. The number of H-pyrrole nitrogens is 1. The van der Waals surface area contributed by atoms with E-state index in [4.69, 9.17) is 0 Å². The van der Waals surface area contributed by atoms with Gasteiger partial charge in [0, 0.05) is 82.3 Å². The Morgan fingerprint density at radius 1 is 0.554 bits per heavy atom. The zero-order valence-corrected chi connectivity index (χ0v) is 42.9. The van der Waals surface area contributed by atoms with Crippen LogP contribution in [0.1, 0.15) is 108 Å². The summed E-state index contributed by atoms with van der Waals surface area (Å²) in [5.41, 5.74) is 6.88. The number of benzene rings is 3. The second-order valence-electron chi connectivity index (χ2n) is 18.1. The van der Waals surface area contributed by atoms with Crippen LogP contribution in [0.25, 0.3) is 18.2 Å². The Balaban J connectivity index is 0.000000162. The molecule has 6 heterocycles. The number of aryl methyl sites for hydroxylation is 2. The summed E-state index contributed by atoms with van der Waals surface area (Å²) in [6, 6.07) is 26.3. The molecule has 0 saturated carbocycles. The Kier molecular flexibility index (Phi) is 20.5. The third kappa shape index (κ3) is 16.2. The van der Waals surface area contributed by atoms with E-state index in [2.05, 4.69) is 117 Å². The summed E-state index contributed by atoms with van der Waals surface area (Å²) >= 11 is 0. The van der Waals surface area contributed by atoms with Crippen LogP contribution in [0.4, 0.5) is 0 Å². The first-order valence-electron chi connectivity index (χ1n) is 25.1. The van der Waals surface area contributed by atoms with E-state index in [9.17, 15) is 14.4 Å². The van der Waals surface area contributed by atoms with E-state index < -0.39 is 0 Å². The zero-order valence-electron chi connectivity index (χ0n) is 42.9. The number of methoxy groups -OCH3 is 3. The number of carbonyl (C=O) groups is 3. The van der Waals surface area contributed by atoms with Gasteiger partial charge in [0.05, 0.1) is 28.4 Å². The number of aromatic nitrogens is 12. The van der Waals surface area contributed by atoms with Gasteiger partial charge in [0.2, 0.25) is 0 Å². The van der Waals surface area contributed by atoms with Gasteiger partial charge < -0.3 is 14.2 Å². The van der Waals surface area contributed by atoms with Crippen LogP contribution in [0.3, 0.4) is 0 Å². The molecule has 21 heteroatoms. The van der Waals surface area contributed by atoms with Crippen LogP contribution >= 0.6 is 0 Å². The van der Waals surface area contributed by atoms with Gasteiger partial charge in [-0.1, -0.05) is 78.0 Å². The summed E-state index contributed by atoms with van der Waals surface area (Å²) in [5, 5.41) is 37.9. The molecule has 3 atom stereocenters. The van der Waals surface area contributed by atoms with Crippen LogP contribution in [0.15, 0.2) is 91.0 Å². The molecule has 21 nitrogen and oxygen atoms in total. The fraction of sp³-hybridized carbons (Fsp3) is 0.434. The van der Waals surface area contributed by atoms with Crippen LogP contribution in [0, 0.1) is 0 Å². The number of rotatable bonds is 18. The molecule has 3 aliphatic heterocycles. The predicted molar refractivity (Wildman–Crippen MR) is 276 cm³/mol. The largest absolute Gasteiger partial charge is 0.466 e. The molecule has 0 bridgehead atoms. The van der Waals surface area contributed by atoms with Gasteiger partial charge in [-0.25, -0.2) is 19.1 Å². The Labute approximate surface area is 431 Å². The summed E-state index contributed by atoms with van der Waals surface area (Å²) in [7, 11) is 7.78. The monoisotopic (exact) mass is 1010 g/mol. The van der Waals surface area contributed by atoms with Crippen LogP contribution in [0.2, 0.25) is 0 Å². The van der Waals surface area contributed by atoms with Gasteiger partial charge in [0.25, 0.3) is 0 Å². The quantitative estimate of drug-likeness (QED) is 0.0653. The van der Waals surface area contributed by atoms with Gasteiger partial charge >= 0.3 is 17.9 Å².